The van der Waals surface area contributed by atoms with Crippen LogP contribution in [-0.2, 0) is 41.6 Å². The van der Waals surface area contributed by atoms with Crippen LogP contribution in [0.25, 0.3) is 11.3 Å². The van der Waals surface area contributed by atoms with Gasteiger partial charge in [-0.25, -0.2) is 9.97 Å². The van der Waals surface area contributed by atoms with Gasteiger partial charge in [-0.3, -0.25) is 14.5 Å². The Labute approximate surface area is 202 Å². The lowest BCUT2D eigenvalue weighted by Crippen LogP contribution is -2.32. The number of amides is 1. The van der Waals surface area contributed by atoms with E-state index in [1.54, 1.807) is 10.9 Å². The van der Waals surface area contributed by atoms with E-state index in [4.69, 9.17) is 21.1 Å². The van der Waals surface area contributed by atoms with Gasteiger partial charge in [0.15, 0.2) is 0 Å². The van der Waals surface area contributed by atoms with Crippen LogP contribution in [0.5, 0.6) is 0 Å². The third-order valence-electron chi connectivity index (χ3n) is 5.72. The van der Waals surface area contributed by atoms with E-state index in [1.165, 1.54) is 12.4 Å². The summed E-state index contributed by atoms with van der Waals surface area (Å²) < 4.78 is 55.0. The summed E-state index contributed by atoms with van der Waals surface area (Å²) in [6.07, 6.45) is 0.205. The molecule has 0 spiro atoms. The van der Waals surface area contributed by atoms with Gasteiger partial charge < -0.3 is 14.8 Å². The minimum absolute atomic E-state index is 0.0371. The molecule has 3 aromatic heterocycles. The highest BCUT2D eigenvalue weighted by Crippen LogP contribution is 2.42. The van der Waals surface area contributed by atoms with Crippen LogP contribution in [0.15, 0.2) is 24.7 Å². The molecule has 3 aromatic rings. The maximum atomic E-state index is 14.1. The number of nitrogens with one attached hydrogen (secondary N) is 1. The van der Waals surface area contributed by atoms with Crippen molar-refractivity contribution in [2.45, 2.75) is 38.2 Å². The lowest BCUT2D eigenvalue weighted by atomic mass is 9.90. The van der Waals surface area contributed by atoms with Crippen LogP contribution < -0.4 is 5.32 Å². The fourth-order valence-corrected chi connectivity index (χ4v) is 4.23. The number of hydrogen-bond acceptors (Lipinski definition) is 7. The molecule has 2 aliphatic rings. The fourth-order valence-electron chi connectivity index (χ4n) is 4.13. The summed E-state index contributed by atoms with van der Waals surface area (Å²) in [6.45, 7) is 1.71. The van der Waals surface area contributed by atoms with Crippen molar-refractivity contribution < 1.29 is 27.4 Å². The first kappa shape index (κ1) is 23.6. The standard InChI is InChI=1S/C22H20ClF3N6O3/c23-18-8-27-13(6-28-18)7-29-21(33)17-5-15(22(24,25)26)19-16(30-17)2-1-12-9-32(31-20(12)19)10-14-11-34-3-4-35-14/h5-6,8-9,14H,1-4,7,10-11H2,(H,29,33)/t14-/m0/s1. The summed E-state index contributed by atoms with van der Waals surface area (Å²) in [6, 6.07) is 0.772. The van der Waals surface area contributed by atoms with Crippen molar-refractivity contribution in [3.63, 3.8) is 0 Å². The van der Waals surface area contributed by atoms with Gasteiger partial charge in [-0.05, 0) is 24.5 Å². The van der Waals surface area contributed by atoms with E-state index in [0.29, 0.717) is 44.0 Å². The normalized spacial score (nSPS) is 17.5. The SMILES string of the molecule is O=C(NCc1cnc(Cl)cn1)c1cc(C(F)(F)F)c2c(n1)CCc1cn(C[C@H]3COCCO3)nc1-2. The number of halogens is 4. The van der Waals surface area contributed by atoms with Gasteiger partial charge in [0.05, 0.1) is 67.9 Å². The van der Waals surface area contributed by atoms with Crippen molar-refractivity contribution in [3.05, 3.63) is 58.0 Å². The summed E-state index contributed by atoms with van der Waals surface area (Å²) in [5, 5.41) is 7.15. The van der Waals surface area contributed by atoms with Gasteiger partial charge in [-0.15, -0.1) is 0 Å². The molecule has 5 rings (SSSR count). The maximum absolute atomic E-state index is 14.1. The molecule has 1 aliphatic carbocycles. The van der Waals surface area contributed by atoms with Crippen LogP contribution in [0, 0.1) is 0 Å². The molecule has 184 valence electrons. The van der Waals surface area contributed by atoms with E-state index < -0.39 is 17.6 Å². The Morgan fingerprint density at radius 3 is 2.80 bits per heavy atom. The van der Waals surface area contributed by atoms with E-state index in [9.17, 15) is 18.0 Å². The Morgan fingerprint density at radius 1 is 1.23 bits per heavy atom. The summed E-state index contributed by atoms with van der Waals surface area (Å²) in [7, 11) is 0. The monoisotopic (exact) mass is 508 g/mol. The molecule has 13 heteroatoms. The van der Waals surface area contributed by atoms with Crippen LogP contribution in [0.3, 0.4) is 0 Å². The lowest BCUT2D eigenvalue weighted by molar-refractivity contribution is -0.137. The van der Waals surface area contributed by atoms with Gasteiger partial charge in [0.1, 0.15) is 17.0 Å². The van der Waals surface area contributed by atoms with Gasteiger partial charge in [-0.2, -0.15) is 18.3 Å². The first-order valence-corrected chi connectivity index (χ1v) is 11.3. The van der Waals surface area contributed by atoms with Crippen molar-refractivity contribution in [3.8, 4) is 11.3 Å². The van der Waals surface area contributed by atoms with Crippen LogP contribution in [0.1, 0.15) is 33.0 Å². The molecule has 1 atom stereocenters. The average Bonchev–Trinajstić information content (AvgIpc) is 3.25. The zero-order valence-electron chi connectivity index (χ0n) is 18.3. The minimum Gasteiger partial charge on any atom is -0.376 e. The molecule has 9 nitrogen and oxygen atoms in total. The second kappa shape index (κ2) is 9.51. The van der Waals surface area contributed by atoms with Gasteiger partial charge in [-0.1, -0.05) is 11.6 Å². The highest BCUT2D eigenvalue weighted by molar-refractivity contribution is 6.29. The number of rotatable bonds is 5. The molecule has 35 heavy (non-hydrogen) atoms. The van der Waals surface area contributed by atoms with Crippen molar-refractivity contribution in [1.82, 2.24) is 30.0 Å². The minimum atomic E-state index is -4.71. The molecule has 1 aliphatic heterocycles. The molecule has 4 heterocycles. The van der Waals surface area contributed by atoms with Crippen molar-refractivity contribution in [2.24, 2.45) is 0 Å². The fraction of sp³-hybridized carbons (Fsp3) is 0.409. The van der Waals surface area contributed by atoms with Crippen LogP contribution in [-0.4, -0.2) is 56.6 Å². The topological polar surface area (TPSA) is 104 Å². The number of ether oxygens (including phenoxy) is 2. The number of fused-ring (bicyclic) bond motifs is 3. The zero-order valence-corrected chi connectivity index (χ0v) is 19.1. The molecular weight excluding hydrogens is 489 g/mol. The van der Waals surface area contributed by atoms with E-state index >= 15 is 0 Å². The number of aryl methyl sites for hydroxylation is 2. The number of alkyl halides is 3. The molecule has 1 saturated heterocycles. The second-order valence-corrected chi connectivity index (χ2v) is 8.57. The van der Waals surface area contributed by atoms with Gasteiger partial charge >= 0.3 is 6.18 Å². The number of pyridine rings is 1. The number of carbonyl (C=O) groups is 1. The lowest BCUT2D eigenvalue weighted by Gasteiger charge is -2.22. The first-order chi connectivity index (χ1) is 16.8. The molecule has 1 N–H and O–H groups in total. The Bertz CT molecular complexity index is 1240. The highest BCUT2D eigenvalue weighted by Gasteiger charge is 2.39. The molecule has 0 unspecified atom stereocenters. The molecule has 0 saturated carbocycles. The average molecular weight is 509 g/mol. The predicted molar refractivity (Wildman–Crippen MR) is 117 cm³/mol. The quantitative estimate of drug-likeness (QED) is 0.565. The van der Waals surface area contributed by atoms with Crippen molar-refractivity contribution in [1.29, 1.82) is 0 Å². The predicted octanol–water partition coefficient (Wildman–Crippen LogP) is 2.85. The Morgan fingerprint density at radius 2 is 2.09 bits per heavy atom. The number of hydrogen-bond donors (Lipinski definition) is 1. The van der Waals surface area contributed by atoms with Gasteiger partial charge in [0.25, 0.3) is 5.91 Å². The summed E-state index contributed by atoms with van der Waals surface area (Å²) in [5.41, 5.74) is 0.159. The van der Waals surface area contributed by atoms with E-state index in [1.807, 2.05) is 0 Å². The van der Waals surface area contributed by atoms with Crippen LogP contribution in [0.4, 0.5) is 13.2 Å². The van der Waals surface area contributed by atoms with E-state index in [0.717, 1.165) is 6.07 Å². The number of aromatic nitrogens is 5. The summed E-state index contributed by atoms with van der Waals surface area (Å²) in [4.78, 5) is 24.8. The zero-order chi connectivity index (χ0) is 24.6. The van der Waals surface area contributed by atoms with Crippen LogP contribution in [0.2, 0.25) is 5.15 Å². The van der Waals surface area contributed by atoms with Gasteiger partial charge in [0.2, 0.25) is 0 Å². The molecule has 0 radical (unpaired) electrons. The largest absolute Gasteiger partial charge is 0.417 e. The third kappa shape index (κ3) is 5.14. The highest BCUT2D eigenvalue weighted by atomic mass is 35.5. The van der Waals surface area contributed by atoms with Crippen molar-refractivity contribution >= 4 is 17.5 Å². The molecular formula is C22H20ClF3N6O3. The molecule has 1 fully saturated rings. The van der Waals surface area contributed by atoms with Crippen molar-refractivity contribution in [2.75, 3.05) is 19.8 Å². The summed E-state index contributed by atoms with van der Waals surface area (Å²) >= 11 is 5.69. The molecule has 0 bridgehead atoms. The van der Waals surface area contributed by atoms with Gasteiger partial charge in [0, 0.05) is 11.8 Å². The smallest absolute Gasteiger partial charge is 0.376 e. The van der Waals surface area contributed by atoms with Crippen LogP contribution >= 0.6 is 11.6 Å². The molecule has 0 aromatic carbocycles. The maximum Gasteiger partial charge on any atom is 0.417 e. The molecule has 1 amide bonds. The summed E-state index contributed by atoms with van der Waals surface area (Å²) in [5.74, 6) is -0.749. The Balaban J connectivity index is 1.43. The number of nitrogens with zero attached hydrogens (tertiary/aromatic N) is 5. The van der Waals surface area contributed by atoms with E-state index in [2.05, 4.69) is 25.4 Å². The van der Waals surface area contributed by atoms with E-state index in [-0.39, 0.29) is 46.9 Å². The third-order valence-corrected chi connectivity index (χ3v) is 5.91. The Hall–Kier alpha value is -3.09. The first-order valence-electron chi connectivity index (χ1n) is 10.9. The second-order valence-electron chi connectivity index (χ2n) is 8.18. The Kier molecular flexibility index (Phi) is 6.43. The number of carbonyl (C=O) groups excluding carboxylic acids is 1.